The smallest absolute Gasteiger partial charge is 0.339 e. The third kappa shape index (κ3) is 18.7. The van der Waals surface area contributed by atoms with Crippen LogP contribution < -0.4 is 9.47 Å². The molecule has 2 N–H and O–H groups in total. The highest BCUT2D eigenvalue weighted by atomic mass is 19.1. The molecule has 90 heavy (non-hydrogen) atoms. The van der Waals surface area contributed by atoms with Crippen molar-refractivity contribution in [1.82, 2.24) is 19.6 Å². The van der Waals surface area contributed by atoms with E-state index >= 15 is 9.59 Å². The van der Waals surface area contributed by atoms with Crippen molar-refractivity contribution in [3.8, 4) is 11.5 Å². The van der Waals surface area contributed by atoms with E-state index in [1.807, 2.05) is 60.7 Å². The average molecular weight is 1240 g/mol. The predicted octanol–water partition coefficient (Wildman–Crippen LogP) is 9.01. The lowest BCUT2D eigenvalue weighted by Crippen LogP contribution is -2.50. The molecule has 0 bridgehead atoms. The number of benzene rings is 6. The molecule has 4 saturated heterocycles. The number of rotatable bonds is 27. The van der Waals surface area contributed by atoms with Crippen LogP contribution in [-0.2, 0) is 73.9 Å². The zero-order chi connectivity index (χ0) is 62.6. The van der Waals surface area contributed by atoms with Crippen molar-refractivity contribution in [3.63, 3.8) is 0 Å². The fraction of sp³-hybridized carbons (Fsp3) is 0.429. The molecular formula is C70H80F2N4O14. The minimum atomic E-state index is -2.64. The molecule has 18 nitrogen and oxygen atoms in total. The van der Waals surface area contributed by atoms with Crippen LogP contribution in [0.5, 0.6) is 11.5 Å². The minimum Gasteiger partial charge on any atom is -0.489 e. The van der Waals surface area contributed by atoms with E-state index in [0.29, 0.717) is 127 Å². The lowest BCUT2D eigenvalue weighted by Gasteiger charge is -2.40. The third-order valence-electron chi connectivity index (χ3n) is 16.8. The largest absolute Gasteiger partial charge is 0.489 e. The molecule has 478 valence electrons. The molecule has 6 aromatic rings. The quantitative estimate of drug-likeness (QED) is 0.0463. The SMILES string of the molecule is O=C(OC(C(=O)N(Cc1ccc(F)cc1)C1CCN(CCC2OCCCO2)CC1)c1ccc(OCc2ccccc2)cc1)C(O)C(O)C(=O)OC(C(=O)N(Cc1ccc(F)cc1)C1CCN(CCC2OCCCO2)CC1)c1ccc(OCc2ccccc2)cc1. The van der Waals surface area contributed by atoms with Gasteiger partial charge in [-0.3, -0.25) is 9.59 Å². The molecule has 10 rings (SSSR count). The van der Waals surface area contributed by atoms with Gasteiger partial charge in [-0.2, -0.15) is 0 Å². The van der Waals surface area contributed by atoms with Gasteiger partial charge in [-0.1, -0.05) is 109 Å². The summed E-state index contributed by atoms with van der Waals surface area (Å²) in [6, 6.07) is 42.4. The van der Waals surface area contributed by atoms with Gasteiger partial charge in [0.15, 0.2) is 24.8 Å². The minimum absolute atomic E-state index is 0.00449. The molecule has 4 heterocycles. The number of halogens is 2. The maximum Gasteiger partial charge on any atom is 0.339 e. The molecule has 4 atom stereocenters. The normalized spacial score (nSPS) is 18.0. The third-order valence-corrected chi connectivity index (χ3v) is 16.8. The Morgan fingerprint density at radius 2 is 0.811 bits per heavy atom. The predicted molar refractivity (Wildman–Crippen MR) is 327 cm³/mol. The first kappa shape index (κ1) is 65.3. The first-order chi connectivity index (χ1) is 43.9. The summed E-state index contributed by atoms with van der Waals surface area (Å²) < 4.78 is 75.9. The fourth-order valence-electron chi connectivity index (χ4n) is 11.7. The van der Waals surface area contributed by atoms with Gasteiger partial charge in [0.1, 0.15) is 36.3 Å². The molecule has 4 aliphatic rings. The summed E-state index contributed by atoms with van der Waals surface area (Å²) in [7, 11) is 0. The summed E-state index contributed by atoms with van der Waals surface area (Å²) in [5, 5.41) is 23.6. The monoisotopic (exact) mass is 1240 g/mol. The van der Waals surface area contributed by atoms with Crippen molar-refractivity contribution in [2.24, 2.45) is 0 Å². The van der Waals surface area contributed by atoms with E-state index in [0.717, 1.165) is 24.0 Å². The van der Waals surface area contributed by atoms with E-state index in [1.54, 1.807) is 82.6 Å². The fourth-order valence-corrected chi connectivity index (χ4v) is 11.7. The highest BCUT2D eigenvalue weighted by Crippen LogP contribution is 2.33. The van der Waals surface area contributed by atoms with Gasteiger partial charge in [-0.15, -0.1) is 0 Å². The van der Waals surface area contributed by atoms with Crippen molar-refractivity contribution in [2.45, 2.75) is 127 Å². The number of aliphatic hydroxyl groups excluding tert-OH is 2. The molecule has 4 fully saturated rings. The van der Waals surface area contributed by atoms with Gasteiger partial charge in [-0.05, 0) is 109 Å². The van der Waals surface area contributed by atoms with Crippen LogP contribution in [0.1, 0.15) is 97.0 Å². The van der Waals surface area contributed by atoms with E-state index in [1.165, 1.54) is 24.3 Å². The van der Waals surface area contributed by atoms with Crippen LogP contribution in [0.2, 0.25) is 0 Å². The molecule has 20 heteroatoms. The van der Waals surface area contributed by atoms with Crippen molar-refractivity contribution in [1.29, 1.82) is 0 Å². The summed E-state index contributed by atoms with van der Waals surface area (Å²) in [6.07, 6.45) is -4.25. The Labute approximate surface area is 524 Å². The number of hydrogen-bond acceptors (Lipinski definition) is 16. The maximum atomic E-state index is 15.4. The zero-order valence-corrected chi connectivity index (χ0v) is 50.5. The number of piperidine rings is 2. The van der Waals surface area contributed by atoms with Gasteiger partial charge in [0.2, 0.25) is 12.2 Å². The molecule has 6 aromatic carbocycles. The van der Waals surface area contributed by atoms with Crippen molar-refractivity contribution < 1.29 is 76.1 Å². The summed E-state index contributed by atoms with van der Waals surface area (Å²) in [5.74, 6) is -4.50. The highest BCUT2D eigenvalue weighted by molar-refractivity contribution is 5.91. The molecule has 0 aromatic heterocycles. The Morgan fingerprint density at radius 1 is 0.467 bits per heavy atom. The van der Waals surface area contributed by atoms with Crippen LogP contribution in [0, 0.1) is 11.6 Å². The number of carbonyl (C=O) groups is 4. The first-order valence-electron chi connectivity index (χ1n) is 31.2. The van der Waals surface area contributed by atoms with E-state index in [9.17, 15) is 28.6 Å². The van der Waals surface area contributed by atoms with Crippen LogP contribution in [0.25, 0.3) is 0 Å². The number of carbonyl (C=O) groups excluding carboxylic acids is 4. The van der Waals surface area contributed by atoms with Gasteiger partial charge < -0.3 is 67.7 Å². The first-order valence-corrected chi connectivity index (χ1v) is 31.2. The van der Waals surface area contributed by atoms with Crippen LogP contribution >= 0.6 is 0 Å². The molecule has 0 saturated carbocycles. The number of amides is 2. The van der Waals surface area contributed by atoms with Crippen molar-refractivity contribution in [2.75, 3.05) is 65.7 Å². The van der Waals surface area contributed by atoms with Crippen molar-refractivity contribution in [3.05, 3.63) is 203 Å². The molecule has 0 spiro atoms. The number of esters is 2. The maximum absolute atomic E-state index is 15.4. The number of ether oxygens (including phenoxy) is 8. The standard InChI is InChI=1S/C70H80F2N4O14/c71-55-21-13-49(14-22-55)45-75(57-29-35-73(36-30-57)39-33-61-83-41-7-42-84-61)67(79)65(53-17-25-59(26-18-53)87-47-51-9-3-1-4-10-51)89-69(81)63(77)64(78)70(82)90-66(54-19-27-60(28-20-54)88-48-52-11-5-2-6-12-52)68(80)76(46-50-15-23-56(72)24-16-50)58-31-37-74(38-32-58)40-34-62-85-43-8-44-86-62/h1-6,9-28,57-58,61-66,77-78H,7-8,29-48H2. The summed E-state index contributed by atoms with van der Waals surface area (Å²) in [5.41, 5.74) is 3.39. The van der Waals surface area contributed by atoms with Gasteiger partial charge in [0.25, 0.3) is 11.8 Å². The number of nitrogens with zero attached hydrogens (tertiary/aromatic N) is 4. The Kier molecular flexibility index (Phi) is 23.9. The van der Waals surface area contributed by atoms with E-state index in [4.69, 9.17) is 37.9 Å². The van der Waals surface area contributed by atoms with E-state index < -0.39 is 71.9 Å². The molecule has 0 radical (unpaired) electrons. The summed E-state index contributed by atoms with van der Waals surface area (Å²) in [4.78, 5) is 67.6. The van der Waals surface area contributed by atoms with Crippen LogP contribution in [0.3, 0.4) is 0 Å². The molecule has 4 aliphatic heterocycles. The van der Waals surface area contributed by atoms with E-state index in [2.05, 4.69) is 9.80 Å². The second-order valence-electron chi connectivity index (χ2n) is 23.2. The summed E-state index contributed by atoms with van der Waals surface area (Å²) in [6.45, 7) is 6.89. The lowest BCUT2D eigenvalue weighted by atomic mass is 9.99. The molecule has 4 unspecified atom stereocenters. The van der Waals surface area contributed by atoms with Crippen LogP contribution in [0.4, 0.5) is 8.78 Å². The highest BCUT2D eigenvalue weighted by Gasteiger charge is 2.42. The topological polar surface area (TPSA) is 196 Å². The number of likely N-dealkylation sites (tertiary alicyclic amines) is 2. The Bertz CT molecular complexity index is 2970. The Morgan fingerprint density at radius 3 is 1.16 bits per heavy atom. The van der Waals surface area contributed by atoms with Gasteiger partial charge >= 0.3 is 11.9 Å². The average Bonchev–Trinajstić information content (AvgIpc) is 1.95. The van der Waals surface area contributed by atoms with E-state index in [-0.39, 0.29) is 50.0 Å². The number of hydrogen-bond donors (Lipinski definition) is 2. The lowest BCUT2D eigenvalue weighted by molar-refractivity contribution is -0.185. The second-order valence-corrected chi connectivity index (χ2v) is 23.2. The van der Waals surface area contributed by atoms with Gasteiger partial charge in [-0.25, -0.2) is 18.4 Å². The summed E-state index contributed by atoms with van der Waals surface area (Å²) >= 11 is 0. The van der Waals surface area contributed by atoms with Crippen LogP contribution in [0.15, 0.2) is 158 Å². The molecule has 2 amide bonds. The van der Waals surface area contributed by atoms with Gasteiger partial charge in [0.05, 0.1) is 26.4 Å². The second kappa shape index (κ2) is 32.9. The molecule has 0 aliphatic carbocycles. The number of aliphatic hydroxyl groups is 2. The Hall–Kier alpha value is -7.66. The van der Waals surface area contributed by atoms with Crippen molar-refractivity contribution >= 4 is 23.8 Å². The Balaban J connectivity index is 0.895. The van der Waals surface area contributed by atoms with Gasteiger partial charge in [0, 0.05) is 88.4 Å². The zero-order valence-electron chi connectivity index (χ0n) is 50.5. The van der Waals surface area contributed by atoms with Crippen LogP contribution in [-0.4, -0.2) is 156 Å². The molecular weight excluding hydrogens is 1160 g/mol.